The topological polar surface area (TPSA) is 92.1 Å². The SMILES string of the molecule is N#Cc1ccc2c(c1)nc(NCCOCCCCNCc1ccc(OC(F)(F)F)c(Cl)c1)c1ccncc12. The summed E-state index contributed by atoms with van der Waals surface area (Å²) in [6.45, 7) is 2.88. The lowest BCUT2D eigenvalue weighted by Crippen LogP contribution is -2.18. The number of anilines is 1. The number of benzene rings is 2. The molecule has 0 saturated carbocycles. The minimum atomic E-state index is -4.77. The normalized spacial score (nSPS) is 11.6. The summed E-state index contributed by atoms with van der Waals surface area (Å²) in [6, 6.07) is 13.7. The molecular weight excluding hydrogens is 519 g/mol. The molecule has 0 aliphatic heterocycles. The number of nitrogens with zero attached hydrogens (tertiary/aromatic N) is 3. The molecule has 38 heavy (non-hydrogen) atoms. The van der Waals surface area contributed by atoms with Crippen molar-refractivity contribution in [2.24, 2.45) is 0 Å². The monoisotopic (exact) mass is 543 g/mol. The van der Waals surface area contributed by atoms with Crippen molar-refractivity contribution in [1.29, 1.82) is 5.26 Å². The summed E-state index contributed by atoms with van der Waals surface area (Å²) in [5.41, 5.74) is 2.05. The highest BCUT2D eigenvalue weighted by Gasteiger charge is 2.32. The maximum atomic E-state index is 12.3. The number of pyridine rings is 2. The maximum absolute atomic E-state index is 12.3. The van der Waals surface area contributed by atoms with Gasteiger partial charge in [0.1, 0.15) is 11.6 Å². The molecule has 4 rings (SSSR count). The van der Waals surface area contributed by atoms with Crippen molar-refractivity contribution >= 4 is 39.1 Å². The molecule has 2 aromatic carbocycles. The van der Waals surface area contributed by atoms with Crippen LogP contribution in [-0.2, 0) is 11.3 Å². The number of ether oxygens (including phenoxy) is 2. The highest BCUT2D eigenvalue weighted by atomic mass is 35.5. The van der Waals surface area contributed by atoms with Crippen LogP contribution in [0.2, 0.25) is 5.02 Å². The van der Waals surface area contributed by atoms with Gasteiger partial charge in [-0.15, -0.1) is 13.2 Å². The van der Waals surface area contributed by atoms with Crippen LogP contribution in [0.4, 0.5) is 19.0 Å². The summed E-state index contributed by atoms with van der Waals surface area (Å²) in [6.07, 6.45) is 0.478. The highest BCUT2D eigenvalue weighted by Crippen LogP contribution is 2.31. The summed E-state index contributed by atoms with van der Waals surface area (Å²) < 4.78 is 46.6. The minimum Gasteiger partial charge on any atom is -0.404 e. The Bertz CT molecular complexity index is 1440. The number of nitrogens with one attached hydrogen (secondary N) is 2. The van der Waals surface area contributed by atoms with Gasteiger partial charge in [-0.2, -0.15) is 5.26 Å². The van der Waals surface area contributed by atoms with Crippen LogP contribution in [0.25, 0.3) is 21.7 Å². The van der Waals surface area contributed by atoms with E-state index in [0.29, 0.717) is 31.9 Å². The first-order chi connectivity index (χ1) is 18.3. The summed E-state index contributed by atoms with van der Waals surface area (Å²) in [7, 11) is 0. The third-order valence-corrected chi connectivity index (χ3v) is 6.00. The Morgan fingerprint density at radius 2 is 1.84 bits per heavy atom. The Morgan fingerprint density at radius 3 is 2.63 bits per heavy atom. The van der Waals surface area contributed by atoms with E-state index in [1.165, 1.54) is 12.1 Å². The molecule has 0 fully saturated rings. The molecule has 0 amide bonds. The lowest BCUT2D eigenvalue weighted by atomic mass is 10.1. The Morgan fingerprint density at radius 1 is 0.974 bits per heavy atom. The first-order valence-corrected chi connectivity index (χ1v) is 12.4. The highest BCUT2D eigenvalue weighted by molar-refractivity contribution is 6.32. The van der Waals surface area contributed by atoms with E-state index in [-0.39, 0.29) is 5.02 Å². The van der Waals surface area contributed by atoms with Crippen molar-refractivity contribution < 1.29 is 22.6 Å². The van der Waals surface area contributed by atoms with E-state index in [0.717, 1.165) is 52.4 Å². The van der Waals surface area contributed by atoms with Gasteiger partial charge >= 0.3 is 6.36 Å². The van der Waals surface area contributed by atoms with Crippen LogP contribution < -0.4 is 15.4 Å². The molecule has 4 aromatic rings. The molecule has 0 bridgehead atoms. The largest absolute Gasteiger partial charge is 0.573 e. The van der Waals surface area contributed by atoms with Gasteiger partial charge in [0.15, 0.2) is 0 Å². The van der Waals surface area contributed by atoms with Crippen molar-refractivity contribution in [3.8, 4) is 11.8 Å². The molecule has 0 aliphatic rings. The van der Waals surface area contributed by atoms with Crippen LogP contribution >= 0.6 is 11.6 Å². The number of hydrogen-bond acceptors (Lipinski definition) is 7. The van der Waals surface area contributed by atoms with Gasteiger partial charge in [0.2, 0.25) is 0 Å². The average Bonchev–Trinajstić information content (AvgIpc) is 2.90. The van der Waals surface area contributed by atoms with Crippen LogP contribution in [0.3, 0.4) is 0 Å². The Hall–Kier alpha value is -3.65. The number of rotatable bonds is 12. The zero-order chi connectivity index (χ0) is 27.0. The summed E-state index contributed by atoms with van der Waals surface area (Å²) in [4.78, 5) is 8.95. The predicted octanol–water partition coefficient (Wildman–Crippen LogP) is 6.21. The Labute approximate surface area is 222 Å². The van der Waals surface area contributed by atoms with Gasteiger partial charge in [-0.05, 0) is 55.3 Å². The third-order valence-electron chi connectivity index (χ3n) is 5.71. The van der Waals surface area contributed by atoms with Gasteiger partial charge in [-0.1, -0.05) is 23.7 Å². The van der Waals surface area contributed by atoms with Crippen LogP contribution in [0, 0.1) is 11.3 Å². The third kappa shape index (κ3) is 7.44. The van der Waals surface area contributed by atoms with Gasteiger partial charge in [-0.3, -0.25) is 4.98 Å². The van der Waals surface area contributed by atoms with Crippen molar-refractivity contribution in [3.05, 3.63) is 71.0 Å². The molecule has 198 valence electrons. The second-order valence-electron chi connectivity index (χ2n) is 8.46. The second-order valence-corrected chi connectivity index (χ2v) is 8.87. The number of aromatic nitrogens is 2. The van der Waals surface area contributed by atoms with E-state index in [1.54, 1.807) is 30.6 Å². The van der Waals surface area contributed by atoms with E-state index < -0.39 is 12.1 Å². The minimum absolute atomic E-state index is 0.0842. The van der Waals surface area contributed by atoms with Gasteiger partial charge < -0.3 is 20.1 Å². The van der Waals surface area contributed by atoms with Crippen molar-refractivity contribution in [3.63, 3.8) is 0 Å². The zero-order valence-corrected chi connectivity index (χ0v) is 21.1. The lowest BCUT2D eigenvalue weighted by molar-refractivity contribution is -0.274. The molecule has 2 heterocycles. The average molecular weight is 544 g/mol. The van der Waals surface area contributed by atoms with E-state index in [4.69, 9.17) is 21.3 Å². The zero-order valence-electron chi connectivity index (χ0n) is 20.3. The molecule has 0 atom stereocenters. The first-order valence-electron chi connectivity index (χ1n) is 12.0. The number of alkyl halides is 3. The van der Waals surface area contributed by atoms with Crippen molar-refractivity contribution in [1.82, 2.24) is 15.3 Å². The Kier molecular flexibility index (Phi) is 9.18. The van der Waals surface area contributed by atoms with E-state index in [2.05, 4.69) is 26.4 Å². The second kappa shape index (κ2) is 12.7. The van der Waals surface area contributed by atoms with E-state index >= 15 is 0 Å². The van der Waals surface area contributed by atoms with Crippen molar-refractivity contribution in [2.75, 3.05) is 31.6 Å². The first kappa shape index (κ1) is 27.4. The summed E-state index contributed by atoms with van der Waals surface area (Å²) >= 11 is 5.87. The van der Waals surface area contributed by atoms with E-state index in [1.807, 2.05) is 12.1 Å². The fourth-order valence-corrected chi connectivity index (χ4v) is 4.19. The quantitative estimate of drug-likeness (QED) is 0.162. The fourth-order valence-electron chi connectivity index (χ4n) is 3.94. The number of nitriles is 1. The molecule has 0 radical (unpaired) electrons. The summed E-state index contributed by atoms with van der Waals surface area (Å²) in [5, 5.41) is 18.5. The fraction of sp³-hybridized carbons (Fsp3) is 0.296. The molecule has 0 saturated heterocycles. The standard InChI is InChI=1S/C27H25ClF3N5O2/c28-23-13-19(4-6-25(23)38-27(29,30)31)16-33-8-1-2-11-37-12-10-35-26-21-7-9-34-17-22(21)20-5-3-18(15-32)14-24(20)36-26/h3-7,9,13-14,17,33H,1-2,8,10-12,16H2,(H,35,36). The number of unbranched alkanes of at least 4 members (excludes halogenated alkanes) is 1. The molecule has 7 nitrogen and oxygen atoms in total. The van der Waals surface area contributed by atoms with Crippen molar-refractivity contribution in [2.45, 2.75) is 25.7 Å². The maximum Gasteiger partial charge on any atom is 0.573 e. The number of halogens is 4. The molecule has 0 spiro atoms. The Balaban J connectivity index is 1.15. The number of fused-ring (bicyclic) bond motifs is 3. The van der Waals surface area contributed by atoms with Crippen LogP contribution in [0.5, 0.6) is 5.75 Å². The van der Waals surface area contributed by atoms with Crippen LogP contribution in [-0.4, -0.2) is 42.6 Å². The van der Waals surface area contributed by atoms with Gasteiger partial charge in [0.05, 0.1) is 28.8 Å². The molecule has 0 aliphatic carbocycles. The molecule has 2 N–H and O–H groups in total. The molecule has 0 unspecified atom stereocenters. The molecule has 11 heteroatoms. The van der Waals surface area contributed by atoms with Gasteiger partial charge in [0.25, 0.3) is 0 Å². The van der Waals surface area contributed by atoms with Crippen LogP contribution in [0.1, 0.15) is 24.0 Å². The van der Waals surface area contributed by atoms with E-state index in [9.17, 15) is 18.4 Å². The van der Waals surface area contributed by atoms with Gasteiger partial charge in [-0.25, -0.2) is 4.98 Å². The van der Waals surface area contributed by atoms with Crippen LogP contribution in [0.15, 0.2) is 54.9 Å². The molecule has 2 aromatic heterocycles. The van der Waals surface area contributed by atoms with Gasteiger partial charge in [0, 0.05) is 48.2 Å². The number of hydrogen-bond donors (Lipinski definition) is 2. The molecular formula is C27H25ClF3N5O2. The smallest absolute Gasteiger partial charge is 0.404 e. The summed E-state index contributed by atoms with van der Waals surface area (Å²) in [5.74, 6) is 0.306. The lowest BCUT2D eigenvalue weighted by Gasteiger charge is -2.12. The predicted molar refractivity (Wildman–Crippen MR) is 140 cm³/mol.